The van der Waals surface area contributed by atoms with Crippen LogP contribution in [0.25, 0.3) is 0 Å². The standard InChI is InChI=1S/C13H14ClN3O2/c1-2-12(14)11-7-15-16(9-11)8-10-5-3-4-6-13(10)17(18)19/h3-7,9,12H,2,8H2,1H3. The molecule has 1 aromatic heterocycles. The molecular weight excluding hydrogens is 266 g/mol. The first kappa shape index (κ1) is 13.5. The van der Waals surface area contributed by atoms with E-state index in [1.54, 1.807) is 29.1 Å². The summed E-state index contributed by atoms with van der Waals surface area (Å²) in [6, 6.07) is 6.67. The molecule has 0 fully saturated rings. The van der Waals surface area contributed by atoms with Crippen LogP contribution >= 0.6 is 11.6 Å². The molecule has 100 valence electrons. The molecule has 2 aromatic rings. The molecule has 0 N–H and O–H groups in total. The van der Waals surface area contributed by atoms with E-state index in [0.29, 0.717) is 12.1 Å². The molecule has 0 saturated heterocycles. The second-order valence-corrected chi connectivity index (χ2v) is 4.76. The number of nitro groups is 1. The number of hydrogen-bond donors (Lipinski definition) is 0. The second kappa shape index (κ2) is 5.84. The highest BCUT2D eigenvalue weighted by atomic mass is 35.5. The Labute approximate surface area is 116 Å². The lowest BCUT2D eigenvalue weighted by atomic mass is 10.2. The van der Waals surface area contributed by atoms with Crippen molar-refractivity contribution in [2.75, 3.05) is 0 Å². The van der Waals surface area contributed by atoms with E-state index in [2.05, 4.69) is 5.10 Å². The van der Waals surface area contributed by atoms with Gasteiger partial charge >= 0.3 is 0 Å². The summed E-state index contributed by atoms with van der Waals surface area (Å²) in [5.74, 6) is 0. The Hall–Kier alpha value is -1.88. The van der Waals surface area contributed by atoms with Gasteiger partial charge in [-0.3, -0.25) is 14.8 Å². The van der Waals surface area contributed by atoms with Crippen LogP contribution in [0, 0.1) is 10.1 Å². The number of rotatable bonds is 5. The van der Waals surface area contributed by atoms with Gasteiger partial charge in [-0.1, -0.05) is 25.1 Å². The van der Waals surface area contributed by atoms with Gasteiger partial charge < -0.3 is 0 Å². The zero-order valence-corrected chi connectivity index (χ0v) is 11.2. The molecule has 0 amide bonds. The summed E-state index contributed by atoms with van der Waals surface area (Å²) in [5.41, 5.74) is 1.67. The average Bonchev–Trinajstić information content (AvgIpc) is 2.86. The molecule has 0 bridgehead atoms. The van der Waals surface area contributed by atoms with Crippen LogP contribution in [-0.4, -0.2) is 14.7 Å². The minimum atomic E-state index is -0.379. The summed E-state index contributed by atoms with van der Waals surface area (Å²) < 4.78 is 1.67. The molecule has 0 aliphatic carbocycles. The van der Waals surface area contributed by atoms with E-state index in [0.717, 1.165) is 12.0 Å². The molecular formula is C13H14ClN3O2. The lowest BCUT2D eigenvalue weighted by Gasteiger charge is -2.03. The van der Waals surface area contributed by atoms with Crippen LogP contribution < -0.4 is 0 Å². The summed E-state index contributed by atoms with van der Waals surface area (Å²) in [5, 5.41) is 15.0. The van der Waals surface area contributed by atoms with E-state index >= 15 is 0 Å². The van der Waals surface area contributed by atoms with Gasteiger partial charge in [-0.2, -0.15) is 5.10 Å². The van der Waals surface area contributed by atoms with Crippen LogP contribution in [0.3, 0.4) is 0 Å². The Kier molecular flexibility index (Phi) is 4.16. The van der Waals surface area contributed by atoms with E-state index < -0.39 is 0 Å². The third kappa shape index (κ3) is 3.12. The monoisotopic (exact) mass is 279 g/mol. The van der Waals surface area contributed by atoms with Crippen molar-refractivity contribution in [2.24, 2.45) is 0 Å². The maximum Gasteiger partial charge on any atom is 0.274 e. The fourth-order valence-electron chi connectivity index (χ4n) is 1.86. The highest BCUT2D eigenvalue weighted by Crippen LogP contribution is 2.24. The van der Waals surface area contributed by atoms with Crippen molar-refractivity contribution in [3.8, 4) is 0 Å². The topological polar surface area (TPSA) is 61.0 Å². The predicted octanol–water partition coefficient (Wildman–Crippen LogP) is 3.53. The first-order chi connectivity index (χ1) is 9.11. The smallest absolute Gasteiger partial charge is 0.268 e. The Morgan fingerprint density at radius 3 is 2.89 bits per heavy atom. The molecule has 0 radical (unpaired) electrons. The van der Waals surface area contributed by atoms with Crippen molar-refractivity contribution < 1.29 is 4.92 Å². The summed E-state index contributed by atoms with van der Waals surface area (Å²) in [6.45, 7) is 2.36. The second-order valence-electron chi connectivity index (χ2n) is 4.23. The van der Waals surface area contributed by atoms with Gasteiger partial charge in [0.15, 0.2) is 0 Å². The van der Waals surface area contributed by atoms with Crippen LogP contribution in [0.1, 0.15) is 29.8 Å². The van der Waals surface area contributed by atoms with Gasteiger partial charge in [0.25, 0.3) is 5.69 Å². The summed E-state index contributed by atoms with van der Waals surface area (Å²) in [7, 11) is 0. The molecule has 1 atom stereocenters. The highest BCUT2D eigenvalue weighted by Gasteiger charge is 2.14. The molecule has 0 aliphatic rings. The summed E-state index contributed by atoms with van der Waals surface area (Å²) in [6.07, 6.45) is 4.35. The molecule has 6 heteroatoms. The third-order valence-electron chi connectivity index (χ3n) is 2.89. The van der Waals surface area contributed by atoms with E-state index in [-0.39, 0.29) is 16.0 Å². The van der Waals surface area contributed by atoms with E-state index in [1.165, 1.54) is 6.07 Å². The van der Waals surface area contributed by atoms with Gasteiger partial charge in [-0.05, 0) is 6.42 Å². The number of nitrogens with zero attached hydrogens (tertiary/aromatic N) is 3. The predicted molar refractivity (Wildman–Crippen MR) is 73.3 cm³/mol. The minimum absolute atomic E-state index is 0.0699. The number of benzene rings is 1. The van der Waals surface area contributed by atoms with E-state index in [4.69, 9.17) is 11.6 Å². The van der Waals surface area contributed by atoms with E-state index in [9.17, 15) is 10.1 Å². The van der Waals surface area contributed by atoms with Crippen LogP contribution in [0.2, 0.25) is 0 Å². The maximum absolute atomic E-state index is 10.9. The normalized spacial score (nSPS) is 12.3. The first-order valence-corrected chi connectivity index (χ1v) is 6.44. The average molecular weight is 280 g/mol. The van der Waals surface area contributed by atoms with Crippen molar-refractivity contribution in [3.63, 3.8) is 0 Å². The molecule has 2 rings (SSSR count). The highest BCUT2D eigenvalue weighted by molar-refractivity contribution is 6.20. The van der Waals surface area contributed by atoms with Crippen molar-refractivity contribution in [3.05, 3.63) is 57.9 Å². The fraction of sp³-hybridized carbons (Fsp3) is 0.308. The Balaban J connectivity index is 2.22. The molecule has 0 spiro atoms. The maximum atomic E-state index is 10.9. The van der Waals surface area contributed by atoms with Crippen LogP contribution in [-0.2, 0) is 6.54 Å². The van der Waals surface area contributed by atoms with Crippen LogP contribution in [0.15, 0.2) is 36.7 Å². The summed E-state index contributed by atoms with van der Waals surface area (Å²) in [4.78, 5) is 10.5. The Bertz CT molecular complexity index is 583. The summed E-state index contributed by atoms with van der Waals surface area (Å²) >= 11 is 6.13. The first-order valence-electron chi connectivity index (χ1n) is 6.00. The zero-order valence-electron chi connectivity index (χ0n) is 10.5. The molecule has 5 nitrogen and oxygen atoms in total. The third-order valence-corrected chi connectivity index (χ3v) is 3.45. The molecule has 1 heterocycles. The number of para-hydroxylation sites is 1. The molecule has 1 aromatic carbocycles. The number of nitro benzene ring substituents is 1. The van der Waals surface area contributed by atoms with Gasteiger partial charge in [0.05, 0.1) is 28.6 Å². The quantitative estimate of drug-likeness (QED) is 0.478. The molecule has 1 unspecified atom stereocenters. The number of alkyl halides is 1. The van der Waals surface area contributed by atoms with Gasteiger partial charge in [0, 0.05) is 17.8 Å². The van der Waals surface area contributed by atoms with Gasteiger partial charge in [0.2, 0.25) is 0 Å². The van der Waals surface area contributed by atoms with Crippen molar-refractivity contribution in [2.45, 2.75) is 25.3 Å². The van der Waals surface area contributed by atoms with Crippen molar-refractivity contribution in [1.29, 1.82) is 0 Å². The largest absolute Gasteiger partial charge is 0.274 e. The number of halogens is 1. The Morgan fingerprint density at radius 2 is 2.21 bits per heavy atom. The number of aromatic nitrogens is 2. The molecule has 0 aliphatic heterocycles. The SMILES string of the molecule is CCC(Cl)c1cnn(Cc2ccccc2[N+](=O)[O-])c1. The fourth-order valence-corrected chi connectivity index (χ4v) is 1.97. The zero-order chi connectivity index (χ0) is 13.8. The van der Waals surface area contributed by atoms with Crippen LogP contribution in [0.4, 0.5) is 5.69 Å². The van der Waals surface area contributed by atoms with Crippen molar-refractivity contribution >= 4 is 17.3 Å². The Morgan fingerprint density at radius 1 is 1.47 bits per heavy atom. The lowest BCUT2D eigenvalue weighted by Crippen LogP contribution is -2.03. The number of hydrogen-bond acceptors (Lipinski definition) is 3. The van der Waals surface area contributed by atoms with Gasteiger partial charge in [-0.25, -0.2) is 0 Å². The van der Waals surface area contributed by atoms with E-state index in [1.807, 2.05) is 13.1 Å². The van der Waals surface area contributed by atoms with Crippen LogP contribution in [0.5, 0.6) is 0 Å². The lowest BCUT2D eigenvalue weighted by molar-refractivity contribution is -0.385. The van der Waals surface area contributed by atoms with Gasteiger partial charge in [0.1, 0.15) is 0 Å². The molecule has 0 saturated carbocycles. The minimum Gasteiger partial charge on any atom is -0.268 e. The van der Waals surface area contributed by atoms with Crippen molar-refractivity contribution in [1.82, 2.24) is 9.78 Å². The van der Waals surface area contributed by atoms with Gasteiger partial charge in [-0.15, -0.1) is 11.6 Å². The molecule has 19 heavy (non-hydrogen) atoms.